The lowest BCUT2D eigenvalue weighted by Gasteiger charge is -2.26. The number of likely N-dealkylation sites (tertiary alicyclic amines) is 1. The van der Waals surface area contributed by atoms with E-state index in [2.05, 4.69) is 36.2 Å². The molecule has 1 aliphatic heterocycles. The van der Waals surface area contributed by atoms with Crippen molar-refractivity contribution >= 4 is 21.6 Å². The summed E-state index contributed by atoms with van der Waals surface area (Å²) in [7, 11) is 0. The fourth-order valence-electron chi connectivity index (χ4n) is 4.07. The smallest absolute Gasteiger partial charge is 0.205 e. The van der Waals surface area contributed by atoms with E-state index in [0.717, 1.165) is 39.9 Å². The van der Waals surface area contributed by atoms with Gasteiger partial charge in [-0.25, -0.2) is 9.97 Å². The Morgan fingerprint density at radius 2 is 1.87 bits per heavy atom. The van der Waals surface area contributed by atoms with Crippen LogP contribution in [0.1, 0.15) is 36.0 Å². The van der Waals surface area contributed by atoms with Gasteiger partial charge in [-0.05, 0) is 43.4 Å². The van der Waals surface area contributed by atoms with Gasteiger partial charge in [-0.2, -0.15) is 0 Å². The third-order valence-corrected chi connectivity index (χ3v) is 7.18. The third-order valence-electron chi connectivity index (χ3n) is 6.08. The monoisotopic (exact) mass is 420 g/mol. The first-order valence-corrected chi connectivity index (χ1v) is 11.4. The summed E-state index contributed by atoms with van der Waals surface area (Å²) in [5.74, 6) is 3.02. The number of rotatable bonds is 4. The minimum atomic E-state index is 0.601. The van der Waals surface area contributed by atoms with Gasteiger partial charge in [-0.1, -0.05) is 37.3 Å². The van der Waals surface area contributed by atoms with E-state index in [4.69, 9.17) is 9.97 Å². The highest BCUT2D eigenvalue weighted by molar-refractivity contribution is 7.18. The first kappa shape index (κ1) is 19.3. The first-order chi connectivity index (χ1) is 14.6. The highest BCUT2D eigenvalue weighted by Gasteiger charge is 2.23. The molecule has 1 N–H and O–H groups in total. The van der Waals surface area contributed by atoms with E-state index < -0.39 is 0 Å². The quantitative estimate of drug-likeness (QED) is 0.550. The average Bonchev–Trinajstić information content (AvgIpc) is 3.35. The first-order valence-electron chi connectivity index (χ1n) is 10.5. The van der Waals surface area contributed by atoms with Gasteiger partial charge in [0.25, 0.3) is 0 Å². The van der Waals surface area contributed by atoms with Crippen LogP contribution < -0.4 is 4.90 Å². The molecule has 3 aromatic heterocycles. The SMILES string of the molecule is Cc1sc2nc(C[NH+]3CCC(C)CC3)nc(-n3nnc(-c4ccccc4)n3)c2c1C. The number of thiophene rings is 1. The number of fused-ring (bicyclic) bond motifs is 1. The number of hydrogen-bond acceptors (Lipinski definition) is 6. The van der Waals surface area contributed by atoms with Crippen LogP contribution in [0.2, 0.25) is 0 Å². The molecule has 1 aliphatic rings. The maximum absolute atomic E-state index is 4.94. The van der Waals surface area contributed by atoms with Crippen molar-refractivity contribution in [1.29, 1.82) is 0 Å². The van der Waals surface area contributed by atoms with E-state index in [1.807, 2.05) is 30.3 Å². The molecule has 1 saturated heterocycles. The van der Waals surface area contributed by atoms with Gasteiger partial charge in [-0.3, -0.25) is 0 Å². The molecule has 0 saturated carbocycles. The Bertz CT molecular complexity index is 1170. The van der Waals surface area contributed by atoms with Crippen LogP contribution >= 0.6 is 11.3 Å². The molecule has 0 bridgehead atoms. The highest BCUT2D eigenvalue weighted by atomic mass is 32.1. The van der Waals surface area contributed by atoms with Crippen LogP contribution in [0.3, 0.4) is 0 Å². The van der Waals surface area contributed by atoms with Gasteiger partial charge in [0, 0.05) is 10.4 Å². The fraction of sp³-hybridized carbons (Fsp3) is 0.409. The van der Waals surface area contributed by atoms with E-state index in [1.54, 1.807) is 21.0 Å². The van der Waals surface area contributed by atoms with Crippen LogP contribution in [-0.2, 0) is 6.54 Å². The van der Waals surface area contributed by atoms with Crippen LogP contribution in [0.25, 0.3) is 27.4 Å². The zero-order valence-corrected chi connectivity index (χ0v) is 18.4. The molecule has 0 radical (unpaired) electrons. The van der Waals surface area contributed by atoms with E-state index in [9.17, 15) is 0 Å². The molecule has 0 amide bonds. The van der Waals surface area contributed by atoms with E-state index in [0.29, 0.717) is 5.82 Å². The van der Waals surface area contributed by atoms with Crippen LogP contribution in [0.4, 0.5) is 0 Å². The summed E-state index contributed by atoms with van der Waals surface area (Å²) >= 11 is 1.72. The normalized spacial score (nSPS) is 19.4. The fourth-order valence-corrected chi connectivity index (χ4v) is 5.12. The summed E-state index contributed by atoms with van der Waals surface area (Å²) in [6.07, 6.45) is 2.54. The van der Waals surface area contributed by atoms with Crippen LogP contribution in [-0.4, -0.2) is 43.3 Å². The summed E-state index contributed by atoms with van der Waals surface area (Å²) < 4.78 is 0. The van der Waals surface area contributed by atoms with Crippen LogP contribution in [0.5, 0.6) is 0 Å². The number of hydrogen-bond donors (Lipinski definition) is 1. The second kappa shape index (κ2) is 7.85. The molecule has 0 atom stereocenters. The Kier molecular flexibility index (Phi) is 5.04. The number of tetrazole rings is 1. The van der Waals surface area contributed by atoms with E-state index in [-0.39, 0.29) is 0 Å². The molecule has 0 unspecified atom stereocenters. The minimum Gasteiger partial charge on any atom is -0.329 e. The molecule has 0 aliphatic carbocycles. The number of nitrogens with one attached hydrogen (secondary N) is 1. The molecule has 4 heterocycles. The molecule has 4 aromatic rings. The molecule has 5 rings (SSSR count). The van der Waals surface area contributed by atoms with Gasteiger partial charge in [0.15, 0.2) is 11.6 Å². The van der Waals surface area contributed by atoms with E-state index in [1.165, 1.54) is 36.4 Å². The van der Waals surface area contributed by atoms with E-state index >= 15 is 0 Å². The second-order valence-electron chi connectivity index (χ2n) is 8.30. The number of nitrogens with zero attached hydrogens (tertiary/aromatic N) is 6. The Labute approximate surface area is 179 Å². The molecule has 154 valence electrons. The van der Waals surface area contributed by atoms with Gasteiger partial charge in [0.2, 0.25) is 5.82 Å². The number of quaternary nitrogens is 1. The zero-order valence-electron chi connectivity index (χ0n) is 17.6. The van der Waals surface area contributed by atoms with Gasteiger partial charge < -0.3 is 4.90 Å². The van der Waals surface area contributed by atoms with Gasteiger partial charge in [-0.15, -0.1) is 26.3 Å². The molecule has 0 spiro atoms. The molecular weight excluding hydrogens is 394 g/mol. The Morgan fingerprint density at radius 1 is 1.10 bits per heavy atom. The van der Waals surface area contributed by atoms with Gasteiger partial charge in [0.1, 0.15) is 11.4 Å². The van der Waals surface area contributed by atoms with Crippen molar-refractivity contribution in [2.75, 3.05) is 13.1 Å². The number of benzene rings is 1. The predicted molar refractivity (Wildman–Crippen MR) is 118 cm³/mol. The Balaban J connectivity index is 1.55. The van der Waals surface area contributed by atoms with Crippen LogP contribution in [0.15, 0.2) is 30.3 Å². The van der Waals surface area contributed by atoms with Crippen molar-refractivity contribution in [3.63, 3.8) is 0 Å². The number of piperidine rings is 1. The van der Waals surface area contributed by atoms with Crippen molar-refractivity contribution in [2.24, 2.45) is 5.92 Å². The molecule has 1 aromatic carbocycles. The number of aromatic nitrogens is 6. The average molecular weight is 421 g/mol. The van der Waals surface area contributed by atoms with Crippen molar-refractivity contribution in [1.82, 2.24) is 30.2 Å². The van der Waals surface area contributed by atoms with Crippen LogP contribution in [0, 0.1) is 19.8 Å². The Morgan fingerprint density at radius 3 is 2.63 bits per heavy atom. The summed E-state index contributed by atoms with van der Waals surface area (Å²) in [5, 5.41) is 14.3. The Hall–Kier alpha value is -2.71. The largest absolute Gasteiger partial charge is 0.329 e. The predicted octanol–water partition coefficient (Wildman–Crippen LogP) is 2.77. The van der Waals surface area contributed by atoms with Crippen molar-refractivity contribution in [3.05, 3.63) is 46.6 Å². The number of aryl methyl sites for hydroxylation is 2. The highest BCUT2D eigenvalue weighted by Crippen LogP contribution is 2.32. The lowest BCUT2D eigenvalue weighted by molar-refractivity contribution is -0.920. The summed E-state index contributed by atoms with van der Waals surface area (Å²) in [4.78, 5) is 15.2. The molecule has 7 nitrogen and oxygen atoms in total. The molecule has 30 heavy (non-hydrogen) atoms. The minimum absolute atomic E-state index is 0.601. The third kappa shape index (κ3) is 3.61. The van der Waals surface area contributed by atoms with Crippen molar-refractivity contribution < 1.29 is 4.90 Å². The maximum Gasteiger partial charge on any atom is 0.205 e. The summed E-state index contributed by atoms with van der Waals surface area (Å²) in [6.45, 7) is 9.79. The molecule has 1 fully saturated rings. The standard InChI is InChI=1S/C22H25N7S/c1-14-9-11-28(12-10-14)13-18-23-21(19-15(2)16(3)30-22(19)24-18)29-26-20(25-27-29)17-7-5-4-6-8-17/h4-8,14H,9-13H2,1-3H3/p+1. The summed E-state index contributed by atoms with van der Waals surface area (Å²) in [5.41, 5.74) is 2.13. The maximum atomic E-state index is 4.94. The molecular formula is C22H26N7S+. The van der Waals surface area contributed by atoms with Crippen molar-refractivity contribution in [2.45, 2.75) is 40.2 Å². The van der Waals surface area contributed by atoms with Crippen molar-refractivity contribution in [3.8, 4) is 17.2 Å². The van der Waals surface area contributed by atoms with Gasteiger partial charge >= 0.3 is 0 Å². The topological polar surface area (TPSA) is 73.8 Å². The van der Waals surface area contributed by atoms with Gasteiger partial charge in [0.05, 0.1) is 18.5 Å². The summed E-state index contributed by atoms with van der Waals surface area (Å²) in [6, 6.07) is 9.92. The second-order valence-corrected chi connectivity index (χ2v) is 9.51. The lowest BCUT2D eigenvalue weighted by Crippen LogP contribution is -3.11. The zero-order chi connectivity index (χ0) is 20.7. The lowest BCUT2D eigenvalue weighted by atomic mass is 9.99. The molecule has 8 heteroatoms.